The Morgan fingerprint density at radius 2 is 2.31 bits per heavy atom. The van der Waals surface area contributed by atoms with Crippen LogP contribution in [0.3, 0.4) is 0 Å². The fourth-order valence-corrected chi connectivity index (χ4v) is 1.30. The van der Waals surface area contributed by atoms with Gasteiger partial charge in [-0.15, -0.1) is 0 Å². The number of nitrogens with zero attached hydrogens (tertiary/aromatic N) is 1. The van der Waals surface area contributed by atoms with Gasteiger partial charge in [-0.1, -0.05) is 6.92 Å². The topological polar surface area (TPSA) is 38.9 Å². The van der Waals surface area contributed by atoms with E-state index in [1.165, 1.54) is 11.1 Å². The van der Waals surface area contributed by atoms with Crippen LogP contribution >= 0.6 is 0 Å². The van der Waals surface area contributed by atoms with Crippen LogP contribution in [-0.2, 0) is 6.42 Å². The fraction of sp³-hybridized carbons (Fsp3) is 0.545. The molecule has 0 saturated heterocycles. The standard InChI is InChI=1S/C11H18N2/c1-3-11(12)5-4-10-8-13-7-6-9(10)2/h6-8,11H,3-5,12H2,1-2H3. The van der Waals surface area contributed by atoms with Crippen LogP contribution in [0.25, 0.3) is 0 Å². The molecule has 0 aliphatic carbocycles. The first-order chi connectivity index (χ1) is 6.24. The molecular weight excluding hydrogens is 160 g/mol. The van der Waals surface area contributed by atoms with E-state index in [9.17, 15) is 0 Å². The lowest BCUT2D eigenvalue weighted by molar-refractivity contribution is 0.594. The third kappa shape index (κ3) is 3.15. The molecule has 0 bridgehead atoms. The number of aromatic nitrogens is 1. The molecule has 0 fully saturated rings. The molecule has 1 unspecified atom stereocenters. The Bertz CT molecular complexity index is 258. The molecule has 0 saturated carbocycles. The van der Waals surface area contributed by atoms with Crippen molar-refractivity contribution in [3.63, 3.8) is 0 Å². The summed E-state index contributed by atoms with van der Waals surface area (Å²) in [4.78, 5) is 4.11. The minimum atomic E-state index is 0.333. The Balaban J connectivity index is 2.50. The van der Waals surface area contributed by atoms with Crippen molar-refractivity contribution in [2.45, 2.75) is 39.2 Å². The van der Waals surface area contributed by atoms with Crippen LogP contribution in [0.2, 0.25) is 0 Å². The second-order valence-electron chi connectivity index (χ2n) is 3.51. The summed E-state index contributed by atoms with van der Waals surface area (Å²) in [6.45, 7) is 4.25. The monoisotopic (exact) mass is 178 g/mol. The molecule has 2 N–H and O–H groups in total. The summed E-state index contributed by atoms with van der Waals surface area (Å²) in [6.07, 6.45) is 6.94. The quantitative estimate of drug-likeness (QED) is 0.766. The molecule has 13 heavy (non-hydrogen) atoms. The largest absolute Gasteiger partial charge is 0.328 e. The zero-order valence-electron chi connectivity index (χ0n) is 8.46. The van der Waals surface area contributed by atoms with Crippen molar-refractivity contribution in [1.29, 1.82) is 0 Å². The summed E-state index contributed by atoms with van der Waals surface area (Å²) >= 11 is 0. The number of pyridine rings is 1. The van der Waals surface area contributed by atoms with E-state index in [1.54, 1.807) is 0 Å². The number of rotatable bonds is 4. The van der Waals surface area contributed by atoms with Crippen LogP contribution in [0.1, 0.15) is 30.9 Å². The molecular formula is C11H18N2. The van der Waals surface area contributed by atoms with Crippen LogP contribution in [-0.4, -0.2) is 11.0 Å². The van der Waals surface area contributed by atoms with E-state index in [0.717, 1.165) is 19.3 Å². The lowest BCUT2D eigenvalue weighted by Crippen LogP contribution is -2.19. The molecule has 1 aromatic rings. The van der Waals surface area contributed by atoms with E-state index in [0.29, 0.717) is 6.04 Å². The molecule has 2 nitrogen and oxygen atoms in total. The van der Waals surface area contributed by atoms with Crippen molar-refractivity contribution in [2.75, 3.05) is 0 Å². The average Bonchev–Trinajstić information content (AvgIpc) is 2.16. The van der Waals surface area contributed by atoms with Gasteiger partial charge in [-0.3, -0.25) is 4.98 Å². The molecule has 0 aliphatic heterocycles. The molecule has 2 heteroatoms. The van der Waals surface area contributed by atoms with E-state index in [-0.39, 0.29) is 0 Å². The van der Waals surface area contributed by atoms with Crippen molar-refractivity contribution in [3.8, 4) is 0 Å². The molecule has 1 aromatic heterocycles. The van der Waals surface area contributed by atoms with E-state index in [4.69, 9.17) is 5.73 Å². The lowest BCUT2D eigenvalue weighted by Gasteiger charge is -2.09. The molecule has 0 amide bonds. The van der Waals surface area contributed by atoms with Gasteiger partial charge in [-0.05, 0) is 43.4 Å². The Hall–Kier alpha value is -0.890. The Morgan fingerprint density at radius 3 is 2.92 bits per heavy atom. The second kappa shape index (κ2) is 4.97. The van der Waals surface area contributed by atoms with E-state index >= 15 is 0 Å². The molecule has 1 rings (SSSR count). The third-order valence-electron chi connectivity index (χ3n) is 2.46. The maximum Gasteiger partial charge on any atom is 0.0302 e. The minimum Gasteiger partial charge on any atom is -0.328 e. The first kappa shape index (κ1) is 10.2. The first-order valence-corrected chi connectivity index (χ1v) is 4.89. The minimum absolute atomic E-state index is 0.333. The van der Waals surface area contributed by atoms with Gasteiger partial charge in [-0.2, -0.15) is 0 Å². The molecule has 1 heterocycles. The number of hydrogen-bond donors (Lipinski definition) is 1. The van der Waals surface area contributed by atoms with Gasteiger partial charge in [0.1, 0.15) is 0 Å². The van der Waals surface area contributed by atoms with E-state index in [1.807, 2.05) is 18.5 Å². The maximum atomic E-state index is 5.85. The maximum absolute atomic E-state index is 5.85. The van der Waals surface area contributed by atoms with Crippen LogP contribution < -0.4 is 5.73 Å². The predicted molar refractivity (Wildman–Crippen MR) is 55.6 cm³/mol. The van der Waals surface area contributed by atoms with Crippen molar-refractivity contribution < 1.29 is 0 Å². The highest BCUT2D eigenvalue weighted by Crippen LogP contribution is 2.09. The van der Waals surface area contributed by atoms with Crippen LogP contribution in [0.15, 0.2) is 18.5 Å². The highest BCUT2D eigenvalue weighted by molar-refractivity contribution is 5.21. The van der Waals surface area contributed by atoms with Crippen LogP contribution in [0.4, 0.5) is 0 Å². The predicted octanol–water partition coefficient (Wildman–Crippen LogP) is 2.06. The van der Waals surface area contributed by atoms with Gasteiger partial charge >= 0.3 is 0 Å². The molecule has 0 aromatic carbocycles. The van der Waals surface area contributed by atoms with Gasteiger partial charge < -0.3 is 5.73 Å². The number of aryl methyl sites for hydroxylation is 2. The molecule has 0 aliphatic rings. The van der Waals surface area contributed by atoms with Crippen LogP contribution in [0, 0.1) is 6.92 Å². The van der Waals surface area contributed by atoms with Gasteiger partial charge in [-0.25, -0.2) is 0 Å². The summed E-state index contributed by atoms with van der Waals surface area (Å²) in [5.74, 6) is 0. The average molecular weight is 178 g/mol. The molecule has 1 atom stereocenters. The highest BCUT2D eigenvalue weighted by Gasteiger charge is 2.01. The molecule has 72 valence electrons. The van der Waals surface area contributed by atoms with Crippen molar-refractivity contribution in [3.05, 3.63) is 29.6 Å². The van der Waals surface area contributed by atoms with Crippen molar-refractivity contribution in [2.24, 2.45) is 5.73 Å². The fourth-order valence-electron chi connectivity index (χ4n) is 1.30. The number of hydrogen-bond acceptors (Lipinski definition) is 2. The smallest absolute Gasteiger partial charge is 0.0302 e. The zero-order chi connectivity index (χ0) is 9.68. The van der Waals surface area contributed by atoms with Crippen LogP contribution in [0.5, 0.6) is 0 Å². The Morgan fingerprint density at radius 1 is 1.54 bits per heavy atom. The van der Waals surface area contributed by atoms with E-state index in [2.05, 4.69) is 18.8 Å². The summed E-state index contributed by atoms with van der Waals surface area (Å²) in [7, 11) is 0. The lowest BCUT2D eigenvalue weighted by atomic mass is 10.0. The van der Waals surface area contributed by atoms with Gasteiger partial charge in [0.25, 0.3) is 0 Å². The Labute approximate surface area is 80.2 Å². The van der Waals surface area contributed by atoms with Gasteiger partial charge in [0, 0.05) is 18.4 Å². The van der Waals surface area contributed by atoms with E-state index < -0.39 is 0 Å². The van der Waals surface area contributed by atoms with Crippen molar-refractivity contribution in [1.82, 2.24) is 4.98 Å². The van der Waals surface area contributed by atoms with Gasteiger partial charge in [0.2, 0.25) is 0 Å². The third-order valence-corrected chi connectivity index (χ3v) is 2.46. The summed E-state index contributed by atoms with van der Waals surface area (Å²) in [5, 5.41) is 0. The normalized spacial score (nSPS) is 12.8. The summed E-state index contributed by atoms with van der Waals surface area (Å²) in [6, 6.07) is 2.38. The molecule has 0 radical (unpaired) electrons. The van der Waals surface area contributed by atoms with Gasteiger partial charge in [0.05, 0.1) is 0 Å². The van der Waals surface area contributed by atoms with Crippen molar-refractivity contribution >= 4 is 0 Å². The first-order valence-electron chi connectivity index (χ1n) is 4.89. The second-order valence-corrected chi connectivity index (χ2v) is 3.51. The zero-order valence-corrected chi connectivity index (χ0v) is 8.46. The SMILES string of the molecule is CCC(N)CCc1cnccc1C. The number of nitrogens with two attached hydrogens (primary N) is 1. The summed E-state index contributed by atoms with van der Waals surface area (Å²) in [5.41, 5.74) is 8.49. The molecule has 0 spiro atoms. The van der Waals surface area contributed by atoms with Gasteiger partial charge in [0.15, 0.2) is 0 Å². The highest BCUT2D eigenvalue weighted by atomic mass is 14.6. The Kier molecular flexibility index (Phi) is 3.90. The summed E-state index contributed by atoms with van der Waals surface area (Å²) < 4.78 is 0.